The first-order chi connectivity index (χ1) is 8.22. The van der Waals surface area contributed by atoms with E-state index >= 15 is 0 Å². The van der Waals surface area contributed by atoms with Crippen LogP contribution in [0.25, 0.3) is 0 Å². The standard InChI is InChI=1S/C12H18BrNO3/c1-16-6-5-14-8-11(15)9-17-12-4-2-3-10(13)7-12/h2-4,7,11,14-15H,5-6,8-9H2,1H3. The average molecular weight is 304 g/mol. The molecule has 1 aromatic rings. The number of benzene rings is 1. The van der Waals surface area contributed by atoms with Crippen LogP contribution < -0.4 is 10.1 Å². The van der Waals surface area contributed by atoms with E-state index in [0.717, 1.165) is 16.8 Å². The Balaban J connectivity index is 2.17. The van der Waals surface area contributed by atoms with Crippen molar-refractivity contribution < 1.29 is 14.6 Å². The predicted octanol–water partition coefficient (Wildman–Crippen LogP) is 1.42. The molecule has 1 unspecified atom stereocenters. The van der Waals surface area contributed by atoms with Crippen LogP contribution in [0.2, 0.25) is 0 Å². The van der Waals surface area contributed by atoms with Gasteiger partial charge in [0.25, 0.3) is 0 Å². The Labute approximate surface area is 110 Å². The van der Waals surface area contributed by atoms with Gasteiger partial charge in [-0.2, -0.15) is 0 Å². The highest BCUT2D eigenvalue weighted by Crippen LogP contribution is 2.17. The van der Waals surface area contributed by atoms with Gasteiger partial charge in [0.1, 0.15) is 18.5 Å². The lowest BCUT2D eigenvalue weighted by molar-refractivity contribution is 0.103. The molecule has 0 bridgehead atoms. The summed E-state index contributed by atoms with van der Waals surface area (Å²) >= 11 is 3.36. The monoisotopic (exact) mass is 303 g/mol. The minimum atomic E-state index is -0.522. The van der Waals surface area contributed by atoms with E-state index in [0.29, 0.717) is 13.2 Å². The Morgan fingerprint density at radius 2 is 2.29 bits per heavy atom. The maximum absolute atomic E-state index is 9.64. The molecule has 0 aromatic heterocycles. The third kappa shape index (κ3) is 6.63. The average Bonchev–Trinajstić information content (AvgIpc) is 2.32. The molecule has 0 spiro atoms. The summed E-state index contributed by atoms with van der Waals surface area (Å²) in [6.45, 7) is 2.14. The fourth-order valence-corrected chi connectivity index (χ4v) is 1.63. The normalized spacial score (nSPS) is 12.4. The molecule has 17 heavy (non-hydrogen) atoms. The van der Waals surface area contributed by atoms with Crippen LogP contribution in [0.5, 0.6) is 5.75 Å². The fraction of sp³-hybridized carbons (Fsp3) is 0.500. The number of rotatable bonds is 8. The highest BCUT2D eigenvalue weighted by molar-refractivity contribution is 9.10. The van der Waals surface area contributed by atoms with Crippen molar-refractivity contribution in [1.82, 2.24) is 5.32 Å². The van der Waals surface area contributed by atoms with E-state index in [1.807, 2.05) is 24.3 Å². The Hall–Kier alpha value is -0.620. The summed E-state index contributed by atoms with van der Waals surface area (Å²) < 4.78 is 11.3. The van der Waals surface area contributed by atoms with E-state index in [9.17, 15) is 5.11 Å². The highest BCUT2D eigenvalue weighted by Gasteiger charge is 2.04. The number of aliphatic hydroxyl groups is 1. The maximum Gasteiger partial charge on any atom is 0.120 e. The topological polar surface area (TPSA) is 50.7 Å². The van der Waals surface area contributed by atoms with Crippen LogP contribution in [0.3, 0.4) is 0 Å². The summed E-state index contributed by atoms with van der Waals surface area (Å²) in [5.41, 5.74) is 0. The molecule has 0 radical (unpaired) electrons. The third-order valence-corrected chi connectivity index (χ3v) is 2.59. The van der Waals surface area contributed by atoms with Crippen molar-refractivity contribution in [2.75, 3.05) is 33.4 Å². The minimum absolute atomic E-state index is 0.274. The van der Waals surface area contributed by atoms with Gasteiger partial charge in [-0.05, 0) is 18.2 Å². The van der Waals surface area contributed by atoms with E-state index in [4.69, 9.17) is 9.47 Å². The molecule has 0 saturated carbocycles. The van der Waals surface area contributed by atoms with Gasteiger partial charge in [-0.15, -0.1) is 0 Å². The highest BCUT2D eigenvalue weighted by atomic mass is 79.9. The smallest absolute Gasteiger partial charge is 0.120 e. The first-order valence-corrected chi connectivity index (χ1v) is 6.27. The largest absolute Gasteiger partial charge is 0.491 e. The summed E-state index contributed by atoms with van der Waals surface area (Å²) in [5, 5.41) is 12.7. The molecule has 1 rings (SSSR count). The molecule has 96 valence electrons. The molecule has 0 fully saturated rings. The molecule has 0 aliphatic rings. The van der Waals surface area contributed by atoms with E-state index < -0.39 is 6.10 Å². The number of ether oxygens (including phenoxy) is 2. The van der Waals surface area contributed by atoms with Crippen LogP contribution >= 0.6 is 15.9 Å². The van der Waals surface area contributed by atoms with Crippen molar-refractivity contribution in [2.24, 2.45) is 0 Å². The van der Waals surface area contributed by atoms with Crippen molar-refractivity contribution in [2.45, 2.75) is 6.10 Å². The van der Waals surface area contributed by atoms with Gasteiger partial charge in [-0.1, -0.05) is 22.0 Å². The van der Waals surface area contributed by atoms with E-state index in [-0.39, 0.29) is 6.61 Å². The summed E-state index contributed by atoms with van der Waals surface area (Å²) in [7, 11) is 1.65. The van der Waals surface area contributed by atoms with Crippen molar-refractivity contribution in [3.8, 4) is 5.75 Å². The van der Waals surface area contributed by atoms with Crippen molar-refractivity contribution >= 4 is 15.9 Å². The molecule has 0 saturated heterocycles. The lowest BCUT2D eigenvalue weighted by atomic mass is 10.3. The van der Waals surface area contributed by atoms with Crippen molar-refractivity contribution in [1.29, 1.82) is 0 Å². The van der Waals surface area contributed by atoms with Crippen LogP contribution in [0.4, 0.5) is 0 Å². The van der Waals surface area contributed by atoms with Crippen LogP contribution in [0.1, 0.15) is 0 Å². The van der Waals surface area contributed by atoms with E-state index in [2.05, 4.69) is 21.2 Å². The molecule has 0 amide bonds. The van der Waals surface area contributed by atoms with Gasteiger partial charge in [0.15, 0.2) is 0 Å². The number of methoxy groups -OCH3 is 1. The first kappa shape index (κ1) is 14.4. The summed E-state index contributed by atoms with van der Waals surface area (Å²) in [6, 6.07) is 7.54. The van der Waals surface area contributed by atoms with Gasteiger partial charge in [0.05, 0.1) is 6.61 Å². The molecule has 1 atom stereocenters. The summed E-state index contributed by atoms with van der Waals surface area (Å²) in [5.74, 6) is 0.746. The zero-order valence-electron chi connectivity index (χ0n) is 9.86. The summed E-state index contributed by atoms with van der Waals surface area (Å²) in [6.07, 6.45) is -0.522. The summed E-state index contributed by atoms with van der Waals surface area (Å²) in [4.78, 5) is 0. The molecular formula is C12H18BrNO3. The Morgan fingerprint density at radius 1 is 1.47 bits per heavy atom. The lowest BCUT2D eigenvalue weighted by Gasteiger charge is -2.13. The Morgan fingerprint density at radius 3 is 3.00 bits per heavy atom. The quantitative estimate of drug-likeness (QED) is 0.713. The second-order valence-electron chi connectivity index (χ2n) is 3.62. The molecule has 0 aliphatic carbocycles. The molecule has 0 aliphatic heterocycles. The second kappa shape index (κ2) is 8.47. The van der Waals surface area contributed by atoms with Gasteiger partial charge in [0.2, 0.25) is 0 Å². The SMILES string of the molecule is COCCNCC(O)COc1cccc(Br)c1. The fourth-order valence-electron chi connectivity index (χ4n) is 1.25. The lowest BCUT2D eigenvalue weighted by Crippen LogP contribution is -2.33. The van der Waals surface area contributed by atoms with Gasteiger partial charge >= 0.3 is 0 Å². The van der Waals surface area contributed by atoms with Crippen LogP contribution in [0, 0.1) is 0 Å². The van der Waals surface area contributed by atoms with Gasteiger partial charge in [-0.25, -0.2) is 0 Å². The van der Waals surface area contributed by atoms with Crippen LogP contribution in [0.15, 0.2) is 28.7 Å². The number of hydrogen-bond acceptors (Lipinski definition) is 4. The number of halogens is 1. The molecule has 2 N–H and O–H groups in total. The molecule has 4 nitrogen and oxygen atoms in total. The molecule has 0 heterocycles. The minimum Gasteiger partial charge on any atom is -0.491 e. The number of hydrogen-bond donors (Lipinski definition) is 2. The Bertz CT molecular complexity index is 322. The third-order valence-electron chi connectivity index (χ3n) is 2.10. The maximum atomic E-state index is 9.64. The molecule has 1 aromatic carbocycles. The number of aliphatic hydroxyl groups excluding tert-OH is 1. The van der Waals surface area contributed by atoms with Gasteiger partial charge in [0, 0.05) is 24.7 Å². The molecular weight excluding hydrogens is 286 g/mol. The van der Waals surface area contributed by atoms with E-state index in [1.165, 1.54) is 0 Å². The van der Waals surface area contributed by atoms with Crippen LogP contribution in [-0.4, -0.2) is 44.6 Å². The Kier molecular flexibility index (Phi) is 7.19. The zero-order valence-corrected chi connectivity index (χ0v) is 11.4. The van der Waals surface area contributed by atoms with Crippen molar-refractivity contribution in [3.63, 3.8) is 0 Å². The predicted molar refractivity (Wildman–Crippen MR) is 70.4 cm³/mol. The van der Waals surface area contributed by atoms with Crippen molar-refractivity contribution in [3.05, 3.63) is 28.7 Å². The zero-order chi connectivity index (χ0) is 12.5. The number of nitrogens with one attached hydrogen (secondary N) is 1. The second-order valence-corrected chi connectivity index (χ2v) is 4.53. The van der Waals surface area contributed by atoms with Gasteiger partial charge < -0.3 is 19.9 Å². The molecule has 5 heteroatoms. The van der Waals surface area contributed by atoms with Gasteiger partial charge in [-0.3, -0.25) is 0 Å². The van der Waals surface area contributed by atoms with E-state index in [1.54, 1.807) is 7.11 Å². The van der Waals surface area contributed by atoms with Crippen LogP contribution in [-0.2, 0) is 4.74 Å². The first-order valence-electron chi connectivity index (χ1n) is 5.48.